The lowest BCUT2D eigenvalue weighted by Gasteiger charge is -2.25. The number of halogens is 2. The number of aliphatic hydroxyl groups is 1. The minimum Gasteiger partial charge on any atom is -0.391 e. The van der Waals surface area contributed by atoms with Gasteiger partial charge in [-0.15, -0.1) is 0 Å². The smallest absolute Gasteiger partial charge is 0.223 e. The molecule has 2 heterocycles. The number of rotatable bonds is 4. The van der Waals surface area contributed by atoms with Crippen LogP contribution in [0.2, 0.25) is 0 Å². The van der Waals surface area contributed by atoms with Gasteiger partial charge in [-0.25, -0.2) is 8.78 Å². The van der Waals surface area contributed by atoms with Gasteiger partial charge < -0.3 is 14.7 Å². The molecule has 126 valence electrons. The molecule has 3 atom stereocenters. The topological polar surface area (TPSA) is 49.8 Å². The zero-order chi connectivity index (χ0) is 16.4. The van der Waals surface area contributed by atoms with Crippen molar-refractivity contribution in [2.75, 3.05) is 13.2 Å². The molecule has 2 aliphatic rings. The molecule has 1 aromatic carbocycles. The van der Waals surface area contributed by atoms with Crippen LogP contribution in [0.5, 0.6) is 0 Å². The summed E-state index contributed by atoms with van der Waals surface area (Å²) in [5.74, 6) is -1.25. The van der Waals surface area contributed by atoms with Crippen molar-refractivity contribution in [1.82, 2.24) is 4.90 Å². The molecule has 2 fully saturated rings. The monoisotopic (exact) mass is 325 g/mol. The number of hydrogen-bond donors (Lipinski definition) is 1. The molecule has 4 nitrogen and oxygen atoms in total. The van der Waals surface area contributed by atoms with Crippen molar-refractivity contribution in [3.63, 3.8) is 0 Å². The second-order valence-electron chi connectivity index (χ2n) is 6.29. The molecule has 3 rings (SSSR count). The number of β-amino-alcohol motifs (C(OH)–C–C–N with tert-alkyl or cyclic N) is 1. The number of ether oxygens (including phenoxy) is 1. The molecule has 0 aromatic heterocycles. The Morgan fingerprint density at radius 3 is 2.96 bits per heavy atom. The fourth-order valence-electron chi connectivity index (χ4n) is 3.45. The van der Waals surface area contributed by atoms with Gasteiger partial charge >= 0.3 is 0 Å². The van der Waals surface area contributed by atoms with E-state index in [1.54, 1.807) is 0 Å². The second-order valence-corrected chi connectivity index (χ2v) is 6.29. The quantitative estimate of drug-likeness (QED) is 0.925. The van der Waals surface area contributed by atoms with E-state index in [1.165, 1.54) is 4.90 Å². The average molecular weight is 325 g/mol. The van der Waals surface area contributed by atoms with Crippen molar-refractivity contribution < 1.29 is 23.4 Å². The van der Waals surface area contributed by atoms with Gasteiger partial charge in [0, 0.05) is 25.1 Å². The summed E-state index contributed by atoms with van der Waals surface area (Å²) in [4.78, 5) is 13.9. The van der Waals surface area contributed by atoms with Crippen molar-refractivity contribution in [2.24, 2.45) is 0 Å². The van der Waals surface area contributed by atoms with Gasteiger partial charge in [-0.3, -0.25) is 4.79 Å². The molecule has 1 aromatic rings. The third-order valence-electron chi connectivity index (χ3n) is 4.62. The summed E-state index contributed by atoms with van der Waals surface area (Å²) in [7, 11) is 0. The summed E-state index contributed by atoms with van der Waals surface area (Å²) in [6.45, 7) is 0.892. The van der Waals surface area contributed by atoms with E-state index >= 15 is 0 Å². The fraction of sp³-hybridized carbons (Fsp3) is 0.588. The highest BCUT2D eigenvalue weighted by molar-refractivity contribution is 5.77. The number of aliphatic hydroxyl groups excluding tert-OH is 1. The normalized spacial score (nSPS) is 27.6. The molecule has 0 saturated carbocycles. The SMILES string of the molecule is O=C(CC[C@@H]1CCCO1)N1C[C@@H](O)C[C@H]1c1cc(F)ccc1F. The average Bonchev–Trinajstić information content (AvgIpc) is 3.16. The van der Waals surface area contributed by atoms with Crippen LogP contribution in [0.15, 0.2) is 18.2 Å². The first kappa shape index (κ1) is 16.3. The minimum atomic E-state index is -0.714. The lowest BCUT2D eigenvalue weighted by atomic mass is 10.0. The van der Waals surface area contributed by atoms with Gasteiger partial charge in [-0.2, -0.15) is 0 Å². The molecule has 1 amide bonds. The molecular formula is C17H21F2NO3. The van der Waals surface area contributed by atoms with E-state index in [2.05, 4.69) is 0 Å². The molecule has 0 aliphatic carbocycles. The van der Waals surface area contributed by atoms with E-state index in [0.29, 0.717) is 12.8 Å². The predicted octanol–water partition coefficient (Wildman–Crippen LogP) is 2.56. The van der Waals surface area contributed by atoms with Crippen LogP contribution in [-0.2, 0) is 9.53 Å². The lowest BCUT2D eigenvalue weighted by Crippen LogP contribution is -2.32. The molecule has 2 aliphatic heterocycles. The number of benzene rings is 1. The predicted molar refractivity (Wildman–Crippen MR) is 79.6 cm³/mol. The van der Waals surface area contributed by atoms with Crippen LogP contribution in [0, 0.1) is 11.6 Å². The highest BCUT2D eigenvalue weighted by atomic mass is 19.1. The fourth-order valence-corrected chi connectivity index (χ4v) is 3.45. The van der Waals surface area contributed by atoms with E-state index in [-0.39, 0.29) is 30.5 Å². The maximum Gasteiger partial charge on any atom is 0.223 e. The van der Waals surface area contributed by atoms with E-state index < -0.39 is 23.8 Å². The van der Waals surface area contributed by atoms with Crippen molar-refractivity contribution in [3.8, 4) is 0 Å². The van der Waals surface area contributed by atoms with Crippen molar-refractivity contribution in [1.29, 1.82) is 0 Å². The van der Waals surface area contributed by atoms with Crippen molar-refractivity contribution in [3.05, 3.63) is 35.4 Å². The van der Waals surface area contributed by atoms with Crippen LogP contribution >= 0.6 is 0 Å². The number of carbonyl (C=O) groups excluding carboxylic acids is 1. The van der Waals surface area contributed by atoms with E-state index in [4.69, 9.17) is 4.74 Å². The van der Waals surface area contributed by atoms with Crippen LogP contribution in [0.4, 0.5) is 8.78 Å². The molecule has 23 heavy (non-hydrogen) atoms. The van der Waals surface area contributed by atoms with E-state index in [9.17, 15) is 18.7 Å². The van der Waals surface area contributed by atoms with Gasteiger partial charge in [0.25, 0.3) is 0 Å². The third kappa shape index (κ3) is 3.70. The van der Waals surface area contributed by atoms with Crippen LogP contribution in [0.3, 0.4) is 0 Å². The second kappa shape index (κ2) is 6.93. The molecular weight excluding hydrogens is 304 g/mol. The summed E-state index contributed by atoms with van der Waals surface area (Å²) in [5.41, 5.74) is 0.131. The summed E-state index contributed by atoms with van der Waals surface area (Å²) in [6, 6.07) is 2.61. The number of hydrogen-bond acceptors (Lipinski definition) is 3. The lowest BCUT2D eigenvalue weighted by molar-refractivity contribution is -0.133. The van der Waals surface area contributed by atoms with Gasteiger partial charge in [-0.05, 0) is 43.9 Å². The Morgan fingerprint density at radius 1 is 1.39 bits per heavy atom. The molecule has 0 radical (unpaired) electrons. The van der Waals surface area contributed by atoms with Crippen LogP contribution in [0.1, 0.15) is 43.7 Å². The first-order chi connectivity index (χ1) is 11.0. The van der Waals surface area contributed by atoms with Gasteiger partial charge in [0.05, 0.1) is 18.2 Å². The van der Waals surface area contributed by atoms with Gasteiger partial charge in [-0.1, -0.05) is 0 Å². The van der Waals surface area contributed by atoms with Gasteiger partial charge in [0.15, 0.2) is 0 Å². The molecule has 0 unspecified atom stereocenters. The number of carbonyl (C=O) groups is 1. The number of nitrogens with zero attached hydrogens (tertiary/aromatic N) is 1. The summed E-state index contributed by atoms with van der Waals surface area (Å²) in [6.07, 6.45) is 2.52. The maximum atomic E-state index is 14.0. The summed E-state index contributed by atoms with van der Waals surface area (Å²) in [5, 5.41) is 9.89. The molecule has 6 heteroatoms. The minimum absolute atomic E-state index is 0.107. The summed E-state index contributed by atoms with van der Waals surface area (Å²) >= 11 is 0. The Balaban J connectivity index is 1.71. The Kier molecular flexibility index (Phi) is 4.92. The molecule has 0 bridgehead atoms. The largest absolute Gasteiger partial charge is 0.391 e. The zero-order valence-corrected chi connectivity index (χ0v) is 12.9. The Bertz CT molecular complexity index is 575. The Hall–Kier alpha value is -1.53. The van der Waals surface area contributed by atoms with Gasteiger partial charge in [0.1, 0.15) is 11.6 Å². The van der Waals surface area contributed by atoms with Crippen LogP contribution < -0.4 is 0 Å². The molecule has 1 N–H and O–H groups in total. The highest BCUT2D eigenvalue weighted by Crippen LogP contribution is 2.35. The molecule has 2 saturated heterocycles. The standard InChI is InChI=1S/C17H21F2NO3/c18-11-3-5-15(19)14(8-11)16-9-12(21)10-20(16)17(22)6-4-13-2-1-7-23-13/h3,5,8,12-13,16,21H,1-2,4,6-7,9-10H2/t12-,13-,16-/m0/s1. The first-order valence-corrected chi connectivity index (χ1v) is 8.08. The number of likely N-dealkylation sites (tertiary alicyclic amines) is 1. The van der Waals surface area contributed by atoms with Crippen LogP contribution in [-0.4, -0.2) is 41.3 Å². The molecule has 0 spiro atoms. The van der Waals surface area contributed by atoms with Gasteiger partial charge in [0.2, 0.25) is 5.91 Å². The first-order valence-electron chi connectivity index (χ1n) is 8.08. The number of amides is 1. The zero-order valence-electron chi connectivity index (χ0n) is 12.9. The highest BCUT2D eigenvalue weighted by Gasteiger charge is 2.36. The maximum absolute atomic E-state index is 14.0. The van der Waals surface area contributed by atoms with Crippen molar-refractivity contribution >= 4 is 5.91 Å². The van der Waals surface area contributed by atoms with Crippen molar-refractivity contribution in [2.45, 2.75) is 50.4 Å². The van der Waals surface area contributed by atoms with E-state index in [1.807, 2.05) is 0 Å². The van der Waals surface area contributed by atoms with Crippen LogP contribution in [0.25, 0.3) is 0 Å². The Labute approximate surface area is 134 Å². The summed E-state index contributed by atoms with van der Waals surface area (Å²) < 4.78 is 32.9. The third-order valence-corrected chi connectivity index (χ3v) is 4.62. The Morgan fingerprint density at radius 2 is 2.22 bits per heavy atom. The van der Waals surface area contributed by atoms with E-state index in [0.717, 1.165) is 37.6 Å².